The third-order valence-electron chi connectivity index (χ3n) is 4.06. The van der Waals surface area contributed by atoms with Crippen molar-refractivity contribution in [2.45, 2.75) is 20.4 Å². The molecule has 0 aliphatic rings. The van der Waals surface area contributed by atoms with E-state index in [1.165, 1.54) is 11.9 Å². The fraction of sp³-hybridized carbons (Fsp3) is 0.286. The zero-order valence-electron chi connectivity index (χ0n) is 16.3. The largest absolute Gasteiger partial charge is 0.492 e. The molecule has 1 aromatic heterocycles. The number of H-pyrrole nitrogens is 1. The van der Waals surface area contributed by atoms with E-state index < -0.39 is 0 Å². The zero-order valence-corrected chi connectivity index (χ0v) is 16.3. The van der Waals surface area contributed by atoms with Crippen molar-refractivity contribution in [3.05, 3.63) is 66.0 Å². The van der Waals surface area contributed by atoms with Crippen LogP contribution in [0.3, 0.4) is 0 Å². The smallest absolute Gasteiger partial charge is 0.191 e. The molecule has 0 atom stereocenters. The molecular weight excluding hydrogens is 352 g/mol. The minimum Gasteiger partial charge on any atom is -0.492 e. The highest BCUT2D eigenvalue weighted by atomic mass is 16.5. The van der Waals surface area contributed by atoms with Crippen LogP contribution in [0.5, 0.6) is 5.75 Å². The first-order chi connectivity index (χ1) is 13.7. The van der Waals surface area contributed by atoms with Gasteiger partial charge in [0.25, 0.3) is 0 Å². The number of rotatable bonds is 8. The highest BCUT2D eigenvalue weighted by Gasteiger charge is 2.03. The molecule has 1 heterocycles. The van der Waals surface area contributed by atoms with E-state index in [4.69, 9.17) is 4.74 Å². The van der Waals surface area contributed by atoms with E-state index in [0.717, 1.165) is 35.2 Å². The number of aliphatic imine (C=N–C) groups is 1. The second-order valence-corrected chi connectivity index (χ2v) is 6.32. The Hall–Kier alpha value is -3.35. The summed E-state index contributed by atoms with van der Waals surface area (Å²) in [5.74, 6) is 2.39. The predicted molar refractivity (Wildman–Crippen MR) is 111 cm³/mol. The van der Waals surface area contributed by atoms with Gasteiger partial charge in [0.2, 0.25) is 0 Å². The lowest BCUT2D eigenvalue weighted by Gasteiger charge is -2.12. The van der Waals surface area contributed by atoms with Gasteiger partial charge in [0, 0.05) is 12.1 Å². The van der Waals surface area contributed by atoms with Crippen molar-refractivity contribution < 1.29 is 4.74 Å². The quantitative estimate of drug-likeness (QED) is 0.319. The van der Waals surface area contributed by atoms with Crippen molar-refractivity contribution in [1.29, 1.82) is 0 Å². The van der Waals surface area contributed by atoms with Gasteiger partial charge >= 0.3 is 0 Å². The molecule has 146 valence electrons. The molecule has 3 aromatic rings. The van der Waals surface area contributed by atoms with Crippen molar-refractivity contribution in [2.24, 2.45) is 4.99 Å². The topological polar surface area (TPSA) is 87.2 Å². The van der Waals surface area contributed by atoms with Gasteiger partial charge in [0.1, 0.15) is 18.7 Å². The number of guanidine groups is 1. The number of benzene rings is 2. The number of nitrogens with zero attached hydrogens (tertiary/aromatic N) is 3. The van der Waals surface area contributed by atoms with Gasteiger partial charge in [-0.3, -0.25) is 5.10 Å². The Labute approximate surface area is 165 Å². The third kappa shape index (κ3) is 5.84. The van der Waals surface area contributed by atoms with Crippen molar-refractivity contribution in [2.75, 3.05) is 19.7 Å². The summed E-state index contributed by atoms with van der Waals surface area (Å²) >= 11 is 0. The first kappa shape index (κ1) is 19.4. The Morgan fingerprint density at radius 3 is 2.75 bits per heavy atom. The van der Waals surface area contributed by atoms with Crippen molar-refractivity contribution in [3.8, 4) is 17.1 Å². The summed E-state index contributed by atoms with van der Waals surface area (Å²) in [4.78, 5) is 8.85. The minimum atomic E-state index is 0.564. The van der Waals surface area contributed by atoms with Crippen LogP contribution in [0.2, 0.25) is 0 Å². The molecule has 0 spiro atoms. The second-order valence-electron chi connectivity index (χ2n) is 6.32. The Morgan fingerprint density at radius 1 is 1.14 bits per heavy atom. The average Bonchev–Trinajstić information content (AvgIpc) is 3.26. The van der Waals surface area contributed by atoms with Gasteiger partial charge in [-0.15, -0.1) is 0 Å². The van der Waals surface area contributed by atoms with Gasteiger partial charge in [-0.2, -0.15) is 5.10 Å². The van der Waals surface area contributed by atoms with E-state index in [1.807, 2.05) is 49.4 Å². The summed E-state index contributed by atoms with van der Waals surface area (Å²) < 4.78 is 5.75. The molecule has 0 radical (unpaired) electrons. The van der Waals surface area contributed by atoms with E-state index in [2.05, 4.69) is 43.8 Å². The summed E-state index contributed by atoms with van der Waals surface area (Å²) in [7, 11) is 0. The Bertz CT molecular complexity index is 874. The molecule has 7 nitrogen and oxygen atoms in total. The third-order valence-corrected chi connectivity index (χ3v) is 4.06. The second kappa shape index (κ2) is 10.1. The lowest BCUT2D eigenvalue weighted by atomic mass is 10.1. The average molecular weight is 378 g/mol. The molecule has 0 aliphatic heterocycles. The van der Waals surface area contributed by atoms with Gasteiger partial charge < -0.3 is 15.4 Å². The van der Waals surface area contributed by atoms with Crippen LogP contribution in [0.25, 0.3) is 11.4 Å². The standard InChI is InChI=1S/C21H26N6O/c1-3-22-21(23-11-12-28-19-9-7-16(2)8-10-19)24-14-17-5-4-6-18(13-17)20-25-15-26-27-20/h4-10,13,15H,3,11-12,14H2,1-2H3,(H2,22,23,24)(H,25,26,27). The fourth-order valence-electron chi connectivity index (χ4n) is 2.65. The van der Waals surface area contributed by atoms with Crippen LogP contribution in [-0.2, 0) is 6.54 Å². The maximum Gasteiger partial charge on any atom is 0.191 e. The molecule has 3 N–H and O–H groups in total. The zero-order chi connectivity index (χ0) is 19.6. The molecule has 0 amide bonds. The van der Waals surface area contributed by atoms with E-state index >= 15 is 0 Å². The van der Waals surface area contributed by atoms with E-state index in [9.17, 15) is 0 Å². The Balaban J connectivity index is 1.52. The molecule has 0 unspecified atom stereocenters. The van der Waals surface area contributed by atoms with E-state index in [0.29, 0.717) is 19.7 Å². The lowest BCUT2D eigenvalue weighted by Crippen LogP contribution is -2.39. The Kier molecular flexibility index (Phi) is 7.01. The van der Waals surface area contributed by atoms with Crippen molar-refractivity contribution in [1.82, 2.24) is 25.8 Å². The summed E-state index contributed by atoms with van der Waals surface area (Å²) in [6.07, 6.45) is 1.51. The van der Waals surface area contributed by atoms with Crippen LogP contribution in [0.4, 0.5) is 0 Å². The van der Waals surface area contributed by atoms with Crippen LogP contribution in [0, 0.1) is 6.92 Å². The fourth-order valence-corrected chi connectivity index (χ4v) is 2.65. The summed E-state index contributed by atoms with van der Waals surface area (Å²) in [5, 5.41) is 13.3. The molecule has 0 fully saturated rings. The van der Waals surface area contributed by atoms with Crippen molar-refractivity contribution in [3.63, 3.8) is 0 Å². The SMILES string of the molecule is CCNC(=NCc1cccc(-c2ncn[nH]2)c1)NCCOc1ccc(C)cc1. The molecule has 0 saturated heterocycles. The highest BCUT2D eigenvalue weighted by Crippen LogP contribution is 2.16. The van der Waals surface area contributed by atoms with Gasteiger partial charge in [-0.05, 0) is 37.6 Å². The molecule has 0 saturated carbocycles. The minimum absolute atomic E-state index is 0.564. The number of nitrogens with one attached hydrogen (secondary N) is 3. The summed E-state index contributed by atoms with van der Waals surface area (Å²) in [5.41, 5.74) is 3.32. The van der Waals surface area contributed by atoms with E-state index in [-0.39, 0.29) is 0 Å². The molecule has 0 bridgehead atoms. The maximum absolute atomic E-state index is 5.75. The lowest BCUT2D eigenvalue weighted by molar-refractivity contribution is 0.322. The molecule has 0 aliphatic carbocycles. The summed E-state index contributed by atoms with van der Waals surface area (Å²) in [6, 6.07) is 16.2. The number of aromatic nitrogens is 3. The van der Waals surface area contributed by atoms with Crippen LogP contribution in [0.1, 0.15) is 18.1 Å². The Morgan fingerprint density at radius 2 is 2.00 bits per heavy atom. The number of hydrogen-bond acceptors (Lipinski definition) is 4. The first-order valence-electron chi connectivity index (χ1n) is 9.41. The predicted octanol–water partition coefficient (Wildman–Crippen LogP) is 2.91. The summed E-state index contributed by atoms with van der Waals surface area (Å²) in [6.45, 7) is 6.70. The van der Waals surface area contributed by atoms with Gasteiger partial charge in [0.15, 0.2) is 11.8 Å². The van der Waals surface area contributed by atoms with Gasteiger partial charge in [-0.25, -0.2) is 9.98 Å². The molecule has 2 aromatic carbocycles. The van der Waals surface area contributed by atoms with Gasteiger partial charge in [-0.1, -0.05) is 35.9 Å². The normalized spacial score (nSPS) is 11.3. The number of ether oxygens (including phenoxy) is 1. The van der Waals surface area contributed by atoms with Crippen molar-refractivity contribution >= 4 is 5.96 Å². The monoisotopic (exact) mass is 378 g/mol. The van der Waals surface area contributed by atoms with Gasteiger partial charge in [0.05, 0.1) is 13.1 Å². The van der Waals surface area contributed by atoms with Crippen LogP contribution in [0.15, 0.2) is 59.9 Å². The molecule has 7 heteroatoms. The highest BCUT2D eigenvalue weighted by molar-refractivity contribution is 5.79. The first-order valence-corrected chi connectivity index (χ1v) is 9.41. The molecule has 28 heavy (non-hydrogen) atoms. The number of hydrogen-bond donors (Lipinski definition) is 3. The van der Waals surface area contributed by atoms with E-state index in [1.54, 1.807) is 0 Å². The van der Waals surface area contributed by atoms with Crippen LogP contribution < -0.4 is 15.4 Å². The number of aryl methyl sites for hydroxylation is 1. The number of aromatic amines is 1. The van der Waals surface area contributed by atoms with Crippen LogP contribution in [-0.4, -0.2) is 40.8 Å². The van der Waals surface area contributed by atoms with Crippen LogP contribution >= 0.6 is 0 Å². The molecule has 3 rings (SSSR count). The maximum atomic E-state index is 5.75. The molecular formula is C21H26N6O.